The zero-order chi connectivity index (χ0) is 51.1. The van der Waals surface area contributed by atoms with Gasteiger partial charge < -0.3 is 5.11 Å². The van der Waals surface area contributed by atoms with Crippen LogP contribution in [0.3, 0.4) is 0 Å². The van der Waals surface area contributed by atoms with E-state index in [4.69, 9.17) is 11.3 Å². The molecule has 0 atom stereocenters. The molecule has 0 bridgehead atoms. The van der Waals surface area contributed by atoms with Crippen LogP contribution in [0.25, 0.3) is 72.7 Å². The van der Waals surface area contributed by atoms with Crippen LogP contribution in [0.1, 0.15) is 158 Å². The van der Waals surface area contributed by atoms with Crippen LogP contribution < -0.4 is 0 Å². The topological polar surface area (TPSA) is 50.9 Å². The van der Waals surface area contributed by atoms with Gasteiger partial charge in [0.15, 0.2) is 0 Å². The van der Waals surface area contributed by atoms with Crippen molar-refractivity contribution in [3.8, 4) is 67.5 Å². The number of hydrogen-bond donors (Lipinski definition) is 1. The van der Waals surface area contributed by atoms with Crippen molar-refractivity contribution < 1.29 is 27.5 Å². The van der Waals surface area contributed by atoms with E-state index in [1.54, 1.807) is 0 Å². The zero-order valence-corrected chi connectivity index (χ0v) is 47.0. The molecule has 1 N–H and O–H groups in total. The van der Waals surface area contributed by atoms with Crippen molar-refractivity contribution in [2.24, 2.45) is 0 Å². The maximum absolute atomic E-state index is 12.7. The molecule has 8 aromatic rings. The number of hydrogen-bond acceptors (Lipinski definition) is 3. The summed E-state index contributed by atoms with van der Waals surface area (Å²) >= 11 is 0. The molecule has 366 valence electrons. The average molecular weight is 1110 g/mol. The van der Waals surface area contributed by atoms with E-state index in [9.17, 15) is 5.11 Å². The fraction of sp³-hybridized carbons (Fsp3) is 0.354. The van der Waals surface area contributed by atoms with Gasteiger partial charge in [-0.15, -0.1) is 29.3 Å². The number of fused-ring (bicyclic) bond motifs is 1. The number of phenolic OH excluding ortho intramolecular Hbond substituents is 1. The monoisotopic (exact) mass is 1110 g/mol. The Morgan fingerprint density at radius 3 is 1.69 bits per heavy atom. The van der Waals surface area contributed by atoms with E-state index < -0.39 is 5.89 Å². The van der Waals surface area contributed by atoms with Gasteiger partial charge in [-0.25, -0.2) is 4.98 Å². The third-order valence-electron chi connectivity index (χ3n) is 13.7. The number of para-hydroxylation sites is 1. The van der Waals surface area contributed by atoms with Crippen LogP contribution in [-0.4, -0.2) is 19.6 Å². The molecule has 0 saturated carbocycles. The van der Waals surface area contributed by atoms with Crippen LogP contribution >= 0.6 is 0 Å². The molecule has 4 nitrogen and oxygen atoms in total. The molecule has 0 aliphatic heterocycles. The van der Waals surface area contributed by atoms with Crippen molar-refractivity contribution in [3.05, 3.63) is 167 Å². The fourth-order valence-electron chi connectivity index (χ4n) is 9.17. The van der Waals surface area contributed by atoms with E-state index in [1.165, 1.54) is 11.1 Å². The zero-order valence-electron chi connectivity index (χ0n) is 45.7. The van der Waals surface area contributed by atoms with E-state index in [2.05, 4.69) is 230 Å². The van der Waals surface area contributed by atoms with Gasteiger partial charge >= 0.3 is 0 Å². The Balaban J connectivity index is 0.00000741. The summed E-state index contributed by atoms with van der Waals surface area (Å²) in [7, 11) is 0. The summed E-state index contributed by atoms with van der Waals surface area (Å²) in [5.74, 6) is 0.245. The van der Waals surface area contributed by atoms with Gasteiger partial charge in [-0.1, -0.05) is 214 Å². The van der Waals surface area contributed by atoms with Gasteiger partial charge in [-0.3, -0.25) is 9.55 Å². The quantitative estimate of drug-likeness (QED) is 0.162. The van der Waals surface area contributed by atoms with Crippen LogP contribution in [0.4, 0.5) is 0 Å². The second kappa shape index (κ2) is 18.9. The van der Waals surface area contributed by atoms with E-state index in [-0.39, 0.29) is 53.9 Å². The Labute approximate surface area is 435 Å². The van der Waals surface area contributed by atoms with Crippen molar-refractivity contribution in [2.45, 2.75) is 151 Å². The molecule has 0 fully saturated rings. The van der Waals surface area contributed by atoms with Crippen LogP contribution in [0.5, 0.6) is 5.75 Å². The molecular weight excluding hydrogens is 1030 g/mol. The summed E-state index contributed by atoms with van der Waals surface area (Å²) in [5.41, 5.74) is 17.1. The van der Waals surface area contributed by atoms with Gasteiger partial charge in [0.05, 0.1) is 22.3 Å². The summed E-state index contributed by atoms with van der Waals surface area (Å²) in [6, 6.07) is 47.6. The molecular formula is C65H74N3OPt-. The summed E-state index contributed by atoms with van der Waals surface area (Å²) in [6.07, 6.45) is 1.88. The predicted octanol–water partition coefficient (Wildman–Crippen LogP) is 17.9. The molecule has 5 heteroatoms. The van der Waals surface area contributed by atoms with Gasteiger partial charge in [0.1, 0.15) is 11.6 Å². The van der Waals surface area contributed by atoms with Crippen molar-refractivity contribution in [1.82, 2.24) is 14.5 Å². The second-order valence-corrected chi connectivity index (χ2v) is 24.6. The summed E-state index contributed by atoms with van der Waals surface area (Å²) in [6.45, 7) is 37.3. The number of rotatable bonds is 7. The van der Waals surface area contributed by atoms with Gasteiger partial charge in [-0.2, -0.15) is 0 Å². The number of aromatic hydroxyl groups is 1. The molecule has 0 aliphatic rings. The summed E-state index contributed by atoms with van der Waals surface area (Å²) < 4.78 is 10.9. The molecule has 70 heavy (non-hydrogen) atoms. The largest absolute Gasteiger partial charge is 0.507 e. The smallest absolute Gasteiger partial charge is 0.148 e. The molecule has 0 aliphatic carbocycles. The normalized spacial score (nSPS) is 13.1. The Kier molecular flexibility index (Phi) is 13.7. The first-order chi connectivity index (χ1) is 32.4. The van der Waals surface area contributed by atoms with Gasteiger partial charge in [0.2, 0.25) is 0 Å². The molecule has 0 amide bonds. The molecule has 0 spiro atoms. The predicted molar refractivity (Wildman–Crippen MR) is 294 cm³/mol. The number of benzene rings is 6. The Morgan fingerprint density at radius 1 is 0.529 bits per heavy atom. The van der Waals surface area contributed by atoms with Gasteiger partial charge in [0, 0.05) is 45.5 Å². The van der Waals surface area contributed by atoms with Crippen molar-refractivity contribution >= 4 is 11.0 Å². The van der Waals surface area contributed by atoms with E-state index >= 15 is 0 Å². The number of nitrogens with zero attached hydrogens (tertiary/aromatic N) is 3. The molecule has 0 radical (unpaired) electrons. The molecule has 6 aromatic carbocycles. The first-order valence-electron chi connectivity index (χ1n) is 25.2. The molecule has 0 unspecified atom stereocenters. The minimum absolute atomic E-state index is 0. The first-order valence-corrected chi connectivity index (χ1v) is 24.7. The number of imidazole rings is 1. The maximum Gasteiger partial charge on any atom is 0.148 e. The minimum atomic E-state index is -0.677. The van der Waals surface area contributed by atoms with E-state index in [1.807, 2.05) is 26.1 Å². The maximum atomic E-state index is 12.7. The molecule has 2 heterocycles. The summed E-state index contributed by atoms with van der Waals surface area (Å²) in [4.78, 5) is 10.7. The molecule has 8 rings (SSSR count). The fourth-order valence-corrected chi connectivity index (χ4v) is 9.17. The third-order valence-corrected chi connectivity index (χ3v) is 13.7. The van der Waals surface area contributed by atoms with Crippen LogP contribution in [0.2, 0.25) is 0 Å². The minimum Gasteiger partial charge on any atom is -0.507 e. The van der Waals surface area contributed by atoms with Crippen LogP contribution in [0.15, 0.2) is 128 Å². The van der Waals surface area contributed by atoms with Crippen LogP contribution in [0, 0.1) is 6.07 Å². The standard InChI is InChI=1S/C65H74N3O.Pt/c1-40(2)41-21-23-42(24-22-41)44-31-32-66-55(36-44)46-33-45(34-49(35-46)63(9,10)11)52-19-18-20-56-58(52)67-60(53-37-50(64(12,13)14)38-54(59(53)69)65(15,16)17)68(56)57-39-48(62(6,7)8)29-30-51(57)43-25-27-47(28-26-43)61(3,4)5;/h18-32,34-40,69H,1-17H3;/q-1;/i40D;. The molecule has 2 aromatic heterocycles. The number of aromatic nitrogens is 3. The Bertz CT molecular complexity index is 3240. The van der Waals surface area contributed by atoms with Crippen molar-refractivity contribution in [1.29, 1.82) is 0 Å². The SMILES string of the molecule is [2H]C(C)(C)c1ccc(-c2ccnc(-c3[c-]c(-c4cccc5c4nc(-c4cc(C(C)(C)C)cc(C(C)(C)C)c4O)n5-c4cc(C(C)(C)C)ccc4-c4ccc(C(C)(C)C)cc4)cc(C(C)(C)C)c3)c2)cc1.[Pt]. The van der Waals surface area contributed by atoms with Crippen molar-refractivity contribution in [3.63, 3.8) is 0 Å². The number of pyridine rings is 1. The molecule has 0 saturated heterocycles. The van der Waals surface area contributed by atoms with E-state index in [0.717, 1.165) is 83.6 Å². The van der Waals surface area contributed by atoms with E-state index in [0.29, 0.717) is 11.4 Å². The average Bonchev–Trinajstić information content (AvgIpc) is 3.66. The summed E-state index contributed by atoms with van der Waals surface area (Å²) in [5, 5.41) is 12.7. The van der Waals surface area contributed by atoms with Crippen LogP contribution in [-0.2, 0) is 48.1 Å². The van der Waals surface area contributed by atoms with Gasteiger partial charge in [0.25, 0.3) is 0 Å². The first kappa shape index (κ1) is 50.8. The van der Waals surface area contributed by atoms with Crippen molar-refractivity contribution in [2.75, 3.05) is 0 Å². The second-order valence-electron chi connectivity index (χ2n) is 24.6. The Morgan fingerprint density at radius 2 is 1.10 bits per heavy atom. The Hall–Kier alpha value is -5.57. The third kappa shape index (κ3) is 10.6. The van der Waals surface area contributed by atoms with Gasteiger partial charge in [-0.05, 0) is 96.2 Å². The number of phenols is 1.